The van der Waals surface area contributed by atoms with Gasteiger partial charge in [0.15, 0.2) is 9.84 Å². The molecule has 0 unspecified atom stereocenters. The number of hydrogen-bond donors (Lipinski definition) is 0. The third-order valence-electron chi connectivity index (χ3n) is 5.21. The van der Waals surface area contributed by atoms with Crippen LogP contribution in [0.15, 0.2) is 24.0 Å². The fraction of sp³-hybridized carbons (Fsp3) is 0.722. The zero-order valence-corrected chi connectivity index (χ0v) is 16.5. The fourth-order valence-electron chi connectivity index (χ4n) is 3.80. The summed E-state index contributed by atoms with van der Waals surface area (Å²) in [5.41, 5.74) is 2.44. The maximum atomic E-state index is 12.3. The molecule has 0 aromatic carbocycles. The van der Waals surface area contributed by atoms with Gasteiger partial charge in [-0.1, -0.05) is 11.6 Å². The molecule has 2 aliphatic heterocycles. The first kappa shape index (κ1) is 18.6. The number of sulfone groups is 1. The van der Waals surface area contributed by atoms with Gasteiger partial charge in [0.2, 0.25) is 0 Å². The molecule has 0 aliphatic carbocycles. The first-order chi connectivity index (χ1) is 11.7. The monoisotopic (exact) mass is 366 g/mol. The van der Waals surface area contributed by atoms with E-state index in [9.17, 15) is 8.42 Å². The molecule has 3 rings (SSSR count). The Morgan fingerprint density at radius 1 is 1.24 bits per heavy atom. The molecule has 2 aliphatic rings. The van der Waals surface area contributed by atoms with Crippen LogP contribution in [0, 0.1) is 0 Å². The molecule has 0 spiro atoms. The summed E-state index contributed by atoms with van der Waals surface area (Å²) < 4.78 is 26.5. The van der Waals surface area contributed by atoms with E-state index in [2.05, 4.69) is 54.9 Å². The third-order valence-corrected chi connectivity index (χ3v) is 6.91. The summed E-state index contributed by atoms with van der Waals surface area (Å²) in [6.07, 6.45) is 6.19. The fourth-order valence-corrected chi connectivity index (χ4v) is 5.84. The van der Waals surface area contributed by atoms with Crippen molar-refractivity contribution in [3.8, 4) is 0 Å². The van der Waals surface area contributed by atoms with Crippen LogP contribution in [0.2, 0.25) is 0 Å². The van der Waals surface area contributed by atoms with Crippen molar-refractivity contribution in [2.75, 3.05) is 31.1 Å². The smallest absolute Gasteiger partial charge is 0.153 e. The third kappa shape index (κ3) is 4.33. The molecular formula is C18H30N4O2S. The number of nitrogens with zero attached hydrogens (tertiary/aromatic N) is 4. The largest absolute Gasteiger partial charge is 0.293 e. The molecule has 6 nitrogen and oxygen atoms in total. The molecule has 25 heavy (non-hydrogen) atoms. The maximum absolute atomic E-state index is 12.3. The molecule has 0 amide bonds. The Bertz CT molecular complexity index is 734. The Morgan fingerprint density at radius 3 is 2.48 bits per heavy atom. The average Bonchev–Trinajstić information content (AvgIpc) is 3.10. The van der Waals surface area contributed by atoms with E-state index in [0.717, 1.165) is 31.7 Å². The van der Waals surface area contributed by atoms with E-state index in [1.807, 2.05) is 10.9 Å². The normalized spacial score (nSPS) is 26.8. The van der Waals surface area contributed by atoms with Crippen LogP contribution in [0.25, 0.3) is 0 Å². The molecule has 1 aromatic heterocycles. The summed E-state index contributed by atoms with van der Waals surface area (Å²) >= 11 is 0. The van der Waals surface area contributed by atoms with Crippen molar-refractivity contribution in [3.63, 3.8) is 0 Å². The number of fused-ring (bicyclic) bond motifs is 1. The van der Waals surface area contributed by atoms with Crippen LogP contribution < -0.4 is 0 Å². The van der Waals surface area contributed by atoms with Gasteiger partial charge in [0, 0.05) is 56.1 Å². The van der Waals surface area contributed by atoms with Gasteiger partial charge < -0.3 is 0 Å². The molecule has 2 fully saturated rings. The summed E-state index contributed by atoms with van der Waals surface area (Å²) in [5.74, 6) is 0.567. The summed E-state index contributed by atoms with van der Waals surface area (Å²) in [6, 6.07) is 0.537. The molecular weight excluding hydrogens is 336 g/mol. The van der Waals surface area contributed by atoms with Crippen molar-refractivity contribution in [2.24, 2.45) is 0 Å². The zero-order valence-electron chi connectivity index (χ0n) is 15.7. The molecule has 7 heteroatoms. The van der Waals surface area contributed by atoms with Crippen molar-refractivity contribution in [1.82, 2.24) is 19.6 Å². The number of piperazine rings is 1. The van der Waals surface area contributed by atoms with Gasteiger partial charge in [0.1, 0.15) is 0 Å². The van der Waals surface area contributed by atoms with Gasteiger partial charge in [0.25, 0.3) is 0 Å². The first-order valence-corrected chi connectivity index (χ1v) is 10.9. The molecule has 140 valence electrons. The van der Waals surface area contributed by atoms with Gasteiger partial charge in [0.05, 0.1) is 17.7 Å². The van der Waals surface area contributed by atoms with Gasteiger partial charge in [-0.05, 0) is 27.7 Å². The number of hydrogen-bond acceptors (Lipinski definition) is 5. The lowest BCUT2D eigenvalue weighted by Crippen LogP contribution is -2.58. The topological polar surface area (TPSA) is 58.4 Å². The van der Waals surface area contributed by atoms with Gasteiger partial charge in [-0.3, -0.25) is 14.5 Å². The number of allylic oxidation sites excluding steroid dienone is 1. The van der Waals surface area contributed by atoms with E-state index in [1.165, 1.54) is 5.57 Å². The van der Waals surface area contributed by atoms with Crippen LogP contribution >= 0.6 is 0 Å². The highest BCUT2D eigenvalue weighted by Crippen LogP contribution is 2.28. The van der Waals surface area contributed by atoms with E-state index < -0.39 is 9.84 Å². The van der Waals surface area contributed by atoms with Crippen LogP contribution in [0.3, 0.4) is 0 Å². The van der Waals surface area contributed by atoms with Crippen molar-refractivity contribution < 1.29 is 8.42 Å². The van der Waals surface area contributed by atoms with E-state index in [-0.39, 0.29) is 23.6 Å². The Kier molecular flexibility index (Phi) is 5.37. The zero-order chi connectivity index (χ0) is 18.2. The van der Waals surface area contributed by atoms with Gasteiger partial charge in [-0.25, -0.2) is 8.42 Å². The van der Waals surface area contributed by atoms with Crippen LogP contribution in [-0.4, -0.2) is 71.2 Å². The summed E-state index contributed by atoms with van der Waals surface area (Å²) in [6.45, 7) is 11.8. The quantitative estimate of drug-likeness (QED) is 0.743. The maximum Gasteiger partial charge on any atom is 0.153 e. The SMILES string of the molecule is CC(C)=CCN1CCN(Cc2cnn(C(C)C)c2)[C@@H]2CS(=O)(=O)C[C@@H]21. The highest BCUT2D eigenvalue weighted by molar-refractivity contribution is 7.91. The van der Waals surface area contributed by atoms with Gasteiger partial charge in [-0.15, -0.1) is 0 Å². The minimum absolute atomic E-state index is 0.0895. The second kappa shape index (κ2) is 7.21. The van der Waals surface area contributed by atoms with Crippen LogP contribution in [0.1, 0.15) is 39.3 Å². The Labute approximate surface area is 151 Å². The van der Waals surface area contributed by atoms with Crippen LogP contribution in [-0.2, 0) is 16.4 Å². The molecule has 0 bridgehead atoms. The lowest BCUT2D eigenvalue weighted by molar-refractivity contribution is 0.0477. The van der Waals surface area contributed by atoms with E-state index in [4.69, 9.17) is 0 Å². The van der Waals surface area contributed by atoms with Gasteiger partial charge >= 0.3 is 0 Å². The highest BCUT2D eigenvalue weighted by Gasteiger charge is 2.46. The minimum Gasteiger partial charge on any atom is -0.293 e. The molecule has 1 aromatic rings. The summed E-state index contributed by atoms with van der Waals surface area (Å²) in [7, 11) is -2.96. The first-order valence-electron chi connectivity index (χ1n) is 9.10. The van der Waals surface area contributed by atoms with Crippen molar-refractivity contribution in [1.29, 1.82) is 0 Å². The van der Waals surface area contributed by atoms with E-state index in [1.54, 1.807) is 0 Å². The van der Waals surface area contributed by atoms with Gasteiger partial charge in [-0.2, -0.15) is 5.10 Å². The van der Waals surface area contributed by atoms with Crippen molar-refractivity contribution >= 4 is 9.84 Å². The summed E-state index contributed by atoms with van der Waals surface area (Å²) in [4.78, 5) is 4.69. The Morgan fingerprint density at radius 2 is 1.88 bits per heavy atom. The lowest BCUT2D eigenvalue weighted by atomic mass is 10.0. The number of rotatable bonds is 5. The van der Waals surface area contributed by atoms with E-state index in [0.29, 0.717) is 6.04 Å². The van der Waals surface area contributed by atoms with Crippen molar-refractivity contribution in [3.05, 3.63) is 29.6 Å². The predicted molar refractivity (Wildman–Crippen MR) is 100 cm³/mol. The highest BCUT2D eigenvalue weighted by atomic mass is 32.2. The molecule has 0 N–H and O–H groups in total. The van der Waals surface area contributed by atoms with Crippen molar-refractivity contribution in [2.45, 2.75) is 52.4 Å². The standard InChI is InChI=1S/C18H30N4O2S/c1-14(2)5-6-20-7-8-21(18-13-25(23,24)12-17(18)20)10-16-9-19-22(11-16)15(3)4/h5,9,11,15,17-18H,6-8,10,12-13H2,1-4H3/t17-,18+/m0/s1. The Hall–Kier alpha value is -1.18. The Balaban J connectivity index is 1.75. The summed E-state index contributed by atoms with van der Waals surface area (Å²) in [5, 5.41) is 4.41. The molecule has 0 radical (unpaired) electrons. The molecule has 0 saturated carbocycles. The lowest BCUT2D eigenvalue weighted by Gasteiger charge is -2.43. The molecule has 3 heterocycles. The van der Waals surface area contributed by atoms with Crippen LogP contribution in [0.4, 0.5) is 0 Å². The minimum atomic E-state index is -2.96. The predicted octanol–water partition coefficient (Wildman–Crippen LogP) is 1.71. The van der Waals surface area contributed by atoms with E-state index >= 15 is 0 Å². The number of aromatic nitrogens is 2. The second-order valence-electron chi connectivity index (χ2n) is 7.88. The molecule has 2 saturated heterocycles. The second-order valence-corrected chi connectivity index (χ2v) is 10.0. The average molecular weight is 367 g/mol. The molecule has 2 atom stereocenters. The van der Waals surface area contributed by atoms with Crippen LogP contribution in [0.5, 0.6) is 0 Å².